The van der Waals surface area contributed by atoms with Gasteiger partial charge in [-0.2, -0.15) is 0 Å². The number of hydrogen-bond acceptors (Lipinski definition) is 8. The summed E-state index contributed by atoms with van der Waals surface area (Å²) >= 11 is 0. The molecule has 0 heterocycles. The number of carbonyl (C=O) groups excluding carboxylic acids is 8. The van der Waals surface area contributed by atoms with Gasteiger partial charge >= 0.3 is 0 Å². The zero-order chi connectivity index (χ0) is 37.8. The van der Waals surface area contributed by atoms with Crippen LogP contribution in [0.2, 0.25) is 0 Å². The maximum absolute atomic E-state index is 15.5. The number of carbonyl (C=O) groups is 8. The van der Waals surface area contributed by atoms with Crippen LogP contribution in [-0.2, 0) is 38.4 Å². The summed E-state index contributed by atoms with van der Waals surface area (Å²) in [6, 6.07) is 22.9. The minimum atomic E-state index is -1.42. The van der Waals surface area contributed by atoms with E-state index in [1.807, 2.05) is 60.7 Å². The molecule has 262 valence electrons. The van der Waals surface area contributed by atoms with Gasteiger partial charge in [0, 0.05) is 102 Å². The van der Waals surface area contributed by atoms with E-state index >= 15 is 19.2 Å². The zero-order valence-corrected chi connectivity index (χ0v) is 29.0. The molecule has 8 nitrogen and oxygen atoms in total. The number of benzene rings is 3. The average Bonchev–Trinajstić information content (AvgIpc) is 3.23. The lowest BCUT2D eigenvalue weighted by Crippen LogP contribution is -2.51. The number of ketones is 8. The summed E-state index contributed by atoms with van der Waals surface area (Å²) in [6.45, 7) is 0. The molecule has 0 N–H and O–H groups in total. The highest BCUT2D eigenvalue weighted by atomic mass is 16.2. The van der Waals surface area contributed by atoms with E-state index in [0.29, 0.717) is 22.3 Å². The van der Waals surface area contributed by atoms with Crippen LogP contribution >= 0.6 is 0 Å². The molecule has 3 aromatic carbocycles. The second kappa shape index (κ2) is 9.59. The molecule has 8 heteroatoms. The molecule has 0 saturated carbocycles. The third-order valence-corrected chi connectivity index (χ3v) is 13.9. The highest BCUT2D eigenvalue weighted by Crippen LogP contribution is 2.67. The highest BCUT2D eigenvalue weighted by Gasteiger charge is 2.64. The Balaban J connectivity index is 1.04. The number of allylic oxidation sites excluding steroid dienone is 16. The van der Waals surface area contributed by atoms with Gasteiger partial charge in [-0.15, -0.1) is 0 Å². The van der Waals surface area contributed by atoms with Gasteiger partial charge in [0.15, 0.2) is 46.3 Å². The molecule has 0 spiro atoms. The predicted octanol–water partition coefficient (Wildman–Crippen LogP) is 4.93. The van der Waals surface area contributed by atoms with Crippen LogP contribution in [0.15, 0.2) is 164 Å². The van der Waals surface area contributed by atoms with Gasteiger partial charge in [0.1, 0.15) is 0 Å². The predicted molar refractivity (Wildman–Crippen MR) is 196 cm³/mol. The van der Waals surface area contributed by atoms with E-state index in [2.05, 4.69) is 0 Å². The summed E-state index contributed by atoms with van der Waals surface area (Å²) in [5.74, 6) is -10.3. The van der Waals surface area contributed by atoms with Crippen molar-refractivity contribution in [3.05, 3.63) is 197 Å². The highest BCUT2D eigenvalue weighted by molar-refractivity contribution is 6.39. The molecule has 0 unspecified atom stereocenters. The Bertz CT molecular complexity index is 2780. The number of Topliss-reactive ketones (excluding diaryl/α,β-unsaturated/α-hetero) is 4. The molecule has 3 aromatic rings. The standard InChI is InChI=1S/C48H22O8/c49-23-13-15-25(51)33-31(23)35-32-24(50)14-16-26(52)34(32)36(33)44-43(35)47(55)41-29-21-11-5-6-12-22(21)30(42(41)48(44)56)40-39(29)45(53)37-27-17-7-1-2-8-18(17)28(38(37)46(40)54)20-10-4-3-9-19(20)27/h1-16,27-30,35-36H/t27?,28?,29-,30+,35?,36?. The van der Waals surface area contributed by atoms with Crippen molar-refractivity contribution in [1.82, 2.24) is 0 Å². The Morgan fingerprint density at radius 1 is 0.232 bits per heavy atom. The minimum Gasteiger partial charge on any atom is -0.290 e. The lowest BCUT2D eigenvalue weighted by atomic mass is 9.47. The fourth-order valence-electron chi connectivity index (χ4n) is 12.1. The first-order chi connectivity index (χ1) is 27.2. The molecule has 0 saturated heterocycles. The third kappa shape index (κ3) is 3.06. The Morgan fingerprint density at radius 2 is 0.429 bits per heavy atom. The van der Waals surface area contributed by atoms with Crippen molar-refractivity contribution in [2.45, 2.75) is 23.7 Å². The normalized spacial score (nSPS) is 29.5. The summed E-state index contributed by atoms with van der Waals surface area (Å²) in [4.78, 5) is 116. The SMILES string of the molecule is O=C1C=CC(=O)C2=C1C1C3=C(C(=O)C=CC3=O)C2C2=C1C(=O)C1=C(C2=O)[C@H]2C3=C(C(=O)C4=C(C3=O)C3c5ccccc5C4c4ccccc43)[C@@H]1c1ccccc12. The van der Waals surface area contributed by atoms with E-state index in [-0.39, 0.29) is 67.3 Å². The topological polar surface area (TPSA) is 137 Å². The second-order valence-corrected chi connectivity index (χ2v) is 15.9. The van der Waals surface area contributed by atoms with E-state index in [1.165, 1.54) is 0 Å². The molecule has 56 heavy (non-hydrogen) atoms. The molecule has 0 radical (unpaired) electrons. The summed E-state index contributed by atoms with van der Waals surface area (Å²) in [7, 11) is 0. The van der Waals surface area contributed by atoms with Crippen LogP contribution in [0.25, 0.3) is 0 Å². The summed E-state index contributed by atoms with van der Waals surface area (Å²) < 4.78 is 0. The van der Waals surface area contributed by atoms with Gasteiger partial charge in [0.25, 0.3) is 0 Å². The van der Waals surface area contributed by atoms with E-state index < -0.39 is 70.2 Å². The maximum atomic E-state index is 15.5. The molecule has 0 aromatic heterocycles. The summed E-state index contributed by atoms with van der Waals surface area (Å²) in [6.07, 6.45) is 4.37. The van der Waals surface area contributed by atoms with Gasteiger partial charge in [0.05, 0.1) is 0 Å². The van der Waals surface area contributed by atoms with E-state index in [9.17, 15) is 19.2 Å². The molecule has 6 bridgehead atoms. The van der Waals surface area contributed by atoms with Gasteiger partial charge in [-0.3, -0.25) is 38.4 Å². The molecule has 16 rings (SSSR count). The van der Waals surface area contributed by atoms with Gasteiger partial charge in [0.2, 0.25) is 0 Å². The van der Waals surface area contributed by atoms with E-state index in [0.717, 1.165) is 46.6 Å². The average molecular weight is 727 g/mol. The first-order valence-corrected chi connectivity index (χ1v) is 18.6. The lowest BCUT2D eigenvalue weighted by molar-refractivity contribution is -0.121. The van der Waals surface area contributed by atoms with Gasteiger partial charge < -0.3 is 0 Å². The van der Waals surface area contributed by atoms with Crippen molar-refractivity contribution < 1.29 is 38.4 Å². The molecule has 0 amide bonds. The van der Waals surface area contributed by atoms with Crippen molar-refractivity contribution in [3.8, 4) is 0 Å². The molecule has 2 atom stereocenters. The van der Waals surface area contributed by atoms with E-state index in [4.69, 9.17) is 0 Å². The Morgan fingerprint density at radius 3 is 0.679 bits per heavy atom. The lowest BCUT2D eigenvalue weighted by Gasteiger charge is -2.52. The first-order valence-electron chi connectivity index (χ1n) is 18.6. The van der Waals surface area contributed by atoms with Crippen molar-refractivity contribution >= 4 is 46.3 Å². The Kier molecular flexibility index (Phi) is 5.19. The first kappa shape index (κ1) is 30.3. The molecule has 13 aliphatic rings. The smallest absolute Gasteiger partial charge is 0.187 e. The minimum absolute atomic E-state index is 0.0512. The van der Waals surface area contributed by atoms with Crippen LogP contribution in [0.4, 0.5) is 0 Å². The van der Waals surface area contributed by atoms with Crippen LogP contribution < -0.4 is 0 Å². The Labute approximate surface area is 316 Å². The fraction of sp³-hybridized carbons (Fsp3) is 0.125. The number of hydrogen-bond donors (Lipinski definition) is 0. The molecule has 0 fully saturated rings. The fourth-order valence-corrected chi connectivity index (χ4v) is 12.1. The van der Waals surface area contributed by atoms with Crippen LogP contribution in [0.5, 0.6) is 0 Å². The van der Waals surface area contributed by atoms with Crippen LogP contribution in [0, 0.1) is 11.8 Å². The van der Waals surface area contributed by atoms with Crippen molar-refractivity contribution in [3.63, 3.8) is 0 Å². The van der Waals surface area contributed by atoms with Crippen molar-refractivity contribution in [2.24, 2.45) is 11.8 Å². The maximum Gasteiger partial charge on any atom is 0.187 e. The number of rotatable bonds is 0. The van der Waals surface area contributed by atoms with Crippen molar-refractivity contribution in [2.75, 3.05) is 0 Å². The Hall–Kier alpha value is -7.06. The van der Waals surface area contributed by atoms with E-state index in [1.54, 1.807) is 12.1 Å². The van der Waals surface area contributed by atoms with Gasteiger partial charge in [-0.05, 0) is 57.7 Å². The molecule has 13 aliphatic carbocycles. The largest absolute Gasteiger partial charge is 0.290 e. The zero-order valence-electron chi connectivity index (χ0n) is 29.0. The molecular weight excluding hydrogens is 705 g/mol. The van der Waals surface area contributed by atoms with Gasteiger partial charge in [-0.25, -0.2) is 0 Å². The second-order valence-electron chi connectivity index (χ2n) is 15.9. The third-order valence-electron chi connectivity index (χ3n) is 13.9. The molecular formula is C48H22O8. The van der Waals surface area contributed by atoms with Crippen LogP contribution in [-0.4, -0.2) is 46.3 Å². The van der Waals surface area contributed by atoms with Crippen LogP contribution in [0.1, 0.15) is 57.1 Å². The quantitative estimate of drug-likeness (QED) is 0.298. The monoisotopic (exact) mass is 726 g/mol. The summed E-state index contributed by atoms with van der Waals surface area (Å²) in [5, 5.41) is 0. The van der Waals surface area contributed by atoms with Gasteiger partial charge in [-0.1, -0.05) is 72.8 Å². The van der Waals surface area contributed by atoms with Crippen LogP contribution in [0.3, 0.4) is 0 Å². The summed E-state index contributed by atoms with van der Waals surface area (Å²) in [5.41, 5.74) is 5.84. The van der Waals surface area contributed by atoms with Crippen molar-refractivity contribution in [1.29, 1.82) is 0 Å². The molecule has 0 aliphatic heterocycles.